The van der Waals surface area contributed by atoms with Crippen LogP contribution in [0.1, 0.15) is 12.5 Å². The lowest BCUT2D eigenvalue weighted by Gasteiger charge is -2.08. The first-order valence-electron chi connectivity index (χ1n) is 8.14. The van der Waals surface area contributed by atoms with Gasteiger partial charge in [-0.1, -0.05) is 47.6 Å². The van der Waals surface area contributed by atoms with Crippen molar-refractivity contribution in [3.63, 3.8) is 0 Å². The van der Waals surface area contributed by atoms with Crippen LogP contribution in [0.15, 0.2) is 53.0 Å². The summed E-state index contributed by atoms with van der Waals surface area (Å²) < 4.78 is 17.3. The zero-order chi connectivity index (χ0) is 18.1. The average Bonchev–Trinajstić information content (AvgIpc) is 3.24. The van der Waals surface area contributed by atoms with E-state index in [2.05, 4.69) is 39.2 Å². The molecule has 2 aromatic carbocycles. The quantitative estimate of drug-likeness (QED) is 0.368. The van der Waals surface area contributed by atoms with Crippen molar-refractivity contribution in [3.05, 3.63) is 64.2 Å². The minimum Gasteiger partial charge on any atom is -0.302 e. The molecule has 0 aliphatic heterocycles. The second-order valence-corrected chi connectivity index (χ2v) is 7.95. The molecule has 0 bridgehead atoms. The van der Waals surface area contributed by atoms with E-state index < -0.39 is 0 Å². The third-order valence-electron chi connectivity index (χ3n) is 4.16. The van der Waals surface area contributed by atoms with Crippen LogP contribution in [-0.4, -0.2) is 14.8 Å². The van der Waals surface area contributed by atoms with Gasteiger partial charge < -0.3 is 4.57 Å². The number of nitrogens with zero attached hydrogens (tertiary/aromatic N) is 3. The maximum absolute atomic E-state index is 14.0. The van der Waals surface area contributed by atoms with E-state index in [0.29, 0.717) is 16.3 Å². The molecule has 4 aromatic rings. The number of hydrogen-bond acceptors (Lipinski definition) is 4. The summed E-state index contributed by atoms with van der Waals surface area (Å²) in [6, 6.07) is 13.0. The molecule has 0 unspecified atom stereocenters. The van der Waals surface area contributed by atoms with Crippen molar-refractivity contribution in [1.29, 1.82) is 0 Å². The first-order chi connectivity index (χ1) is 12.7. The van der Waals surface area contributed by atoms with Crippen molar-refractivity contribution in [3.8, 4) is 11.4 Å². The largest absolute Gasteiger partial charge is 0.302 e. The Balaban J connectivity index is 1.67. The number of aromatic nitrogens is 3. The fourth-order valence-electron chi connectivity index (χ4n) is 2.84. The van der Waals surface area contributed by atoms with Crippen LogP contribution < -0.4 is 0 Å². The van der Waals surface area contributed by atoms with Gasteiger partial charge in [0, 0.05) is 43.9 Å². The Hall–Kier alpha value is -1.89. The van der Waals surface area contributed by atoms with Crippen molar-refractivity contribution < 1.29 is 4.39 Å². The van der Waals surface area contributed by atoms with Crippen LogP contribution in [0.3, 0.4) is 0 Å². The van der Waals surface area contributed by atoms with E-state index in [1.165, 1.54) is 27.9 Å². The Morgan fingerprint density at radius 3 is 2.81 bits per heavy atom. The first kappa shape index (κ1) is 17.5. The van der Waals surface area contributed by atoms with Crippen LogP contribution in [0.5, 0.6) is 0 Å². The summed E-state index contributed by atoms with van der Waals surface area (Å²) in [6.45, 7) is 2.79. The number of fused-ring (bicyclic) bond motifs is 1. The van der Waals surface area contributed by atoms with Crippen molar-refractivity contribution in [1.82, 2.24) is 14.8 Å². The van der Waals surface area contributed by atoms with Gasteiger partial charge in [0.2, 0.25) is 0 Å². The van der Waals surface area contributed by atoms with Gasteiger partial charge in [0.15, 0.2) is 11.0 Å². The van der Waals surface area contributed by atoms with Crippen molar-refractivity contribution in [2.24, 2.45) is 0 Å². The van der Waals surface area contributed by atoms with Gasteiger partial charge in [0.25, 0.3) is 0 Å². The molecule has 2 aromatic heterocycles. The molecular weight excluding hydrogens is 389 g/mol. The highest BCUT2D eigenvalue weighted by Crippen LogP contribution is 2.35. The van der Waals surface area contributed by atoms with Crippen molar-refractivity contribution in [2.45, 2.75) is 24.4 Å². The van der Waals surface area contributed by atoms with Gasteiger partial charge in [-0.25, -0.2) is 4.39 Å². The molecule has 0 amide bonds. The molecular formula is C19H15ClFN3S2. The smallest absolute Gasteiger partial charge is 0.191 e. The summed E-state index contributed by atoms with van der Waals surface area (Å²) >= 11 is 9.27. The van der Waals surface area contributed by atoms with Gasteiger partial charge >= 0.3 is 0 Å². The van der Waals surface area contributed by atoms with Gasteiger partial charge in [-0.15, -0.1) is 21.5 Å². The van der Waals surface area contributed by atoms with Gasteiger partial charge in [0.1, 0.15) is 5.82 Å². The number of thioether (sulfide) groups is 1. The van der Waals surface area contributed by atoms with Crippen LogP contribution in [0, 0.1) is 5.82 Å². The highest BCUT2D eigenvalue weighted by Gasteiger charge is 2.17. The summed E-state index contributed by atoms with van der Waals surface area (Å²) in [6.07, 6.45) is 0. The third-order valence-corrected chi connectivity index (χ3v) is 6.47. The Morgan fingerprint density at radius 2 is 2.00 bits per heavy atom. The molecule has 132 valence electrons. The van der Waals surface area contributed by atoms with Crippen LogP contribution in [0.25, 0.3) is 21.5 Å². The number of halogens is 2. The monoisotopic (exact) mass is 403 g/mol. The molecule has 7 heteroatoms. The first-order valence-corrected chi connectivity index (χ1v) is 10.4. The van der Waals surface area contributed by atoms with Crippen LogP contribution in [0.2, 0.25) is 5.02 Å². The number of thiophene rings is 1. The number of benzene rings is 2. The van der Waals surface area contributed by atoms with Crippen LogP contribution >= 0.6 is 34.7 Å². The zero-order valence-electron chi connectivity index (χ0n) is 13.9. The Kier molecular flexibility index (Phi) is 4.98. The van der Waals surface area contributed by atoms with Crippen LogP contribution in [-0.2, 0) is 12.3 Å². The fraction of sp³-hybridized carbons (Fsp3) is 0.158. The minimum absolute atomic E-state index is 0.295. The lowest BCUT2D eigenvalue weighted by Crippen LogP contribution is -2.00. The van der Waals surface area contributed by atoms with Crippen molar-refractivity contribution in [2.75, 3.05) is 0 Å². The van der Waals surface area contributed by atoms with Gasteiger partial charge in [0.05, 0.1) is 0 Å². The van der Waals surface area contributed by atoms with E-state index in [0.717, 1.165) is 23.1 Å². The number of rotatable bonds is 5. The normalized spacial score (nSPS) is 11.3. The SMILES string of the molecule is CCn1c(SCc2c(F)cccc2Cl)nnc1-c1csc2ccccc12. The molecule has 26 heavy (non-hydrogen) atoms. The van der Waals surface area contributed by atoms with Crippen LogP contribution in [0.4, 0.5) is 4.39 Å². The Labute approximate surface area is 163 Å². The maximum atomic E-state index is 14.0. The fourth-order valence-corrected chi connectivity index (χ4v) is 5.12. The topological polar surface area (TPSA) is 30.7 Å². The average molecular weight is 404 g/mol. The van der Waals surface area contributed by atoms with E-state index >= 15 is 0 Å². The predicted octanol–water partition coefficient (Wildman–Crippen LogP) is 6.26. The lowest BCUT2D eigenvalue weighted by atomic mass is 10.1. The van der Waals surface area contributed by atoms with E-state index in [4.69, 9.17) is 11.6 Å². The van der Waals surface area contributed by atoms with Crippen molar-refractivity contribution >= 4 is 44.8 Å². The van der Waals surface area contributed by atoms with E-state index in [1.54, 1.807) is 23.5 Å². The lowest BCUT2D eigenvalue weighted by molar-refractivity contribution is 0.617. The summed E-state index contributed by atoms with van der Waals surface area (Å²) in [4.78, 5) is 0. The highest BCUT2D eigenvalue weighted by atomic mass is 35.5. The second-order valence-electron chi connectivity index (χ2n) is 5.68. The maximum Gasteiger partial charge on any atom is 0.191 e. The molecule has 0 N–H and O–H groups in total. The second kappa shape index (κ2) is 7.39. The minimum atomic E-state index is -0.295. The molecule has 0 aliphatic rings. The van der Waals surface area contributed by atoms with Gasteiger partial charge in [-0.3, -0.25) is 0 Å². The molecule has 0 atom stereocenters. The molecule has 0 saturated carbocycles. The Morgan fingerprint density at radius 1 is 1.15 bits per heavy atom. The Bertz CT molecular complexity index is 1050. The van der Waals surface area contributed by atoms with Gasteiger partial charge in [-0.2, -0.15) is 0 Å². The molecule has 0 fully saturated rings. The highest BCUT2D eigenvalue weighted by molar-refractivity contribution is 7.98. The molecule has 2 heterocycles. The molecule has 3 nitrogen and oxygen atoms in total. The summed E-state index contributed by atoms with van der Waals surface area (Å²) in [5.41, 5.74) is 1.57. The molecule has 0 radical (unpaired) electrons. The standard InChI is InChI=1S/C19H15ClFN3S2/c1-2-24-18(13-10-25-17-9-4-3-6-12(13)17)22-23-19(24)26-11-14-15(20)7-5-8-16(14)21/h3-10H,2,11H2,1H3. The molecule has 0 aliphatic carbocycles. The van der Waals surface area contributed by atoms with E-state index in [9.17, 15) is 4.39 Å². The summed E-state index contributed by atoms with van der Waals surface area (Å²) in [5.74, 6) is 0.956. The summed E-state index contributed by atoms with van der Waals surface area (Å²) in [5, 5.41) is 13.2. The molecule has 4 rings (SSSR count). The van der Waals surface area contributed by atoms with E-state index in [1.807, 2.05) is 12.1 Å². The predicted molar refractivity (Wildman–Crippen MR) is 107 cm³/mol. The van der Waals surface area contributed by atoms with Gasteiger partial charge in [-0.05, 0) is 25.1 Å². The van der Waals surface area contributed by atoms with E-state index in [-0.39, 0.29) is 5.82 Å². The third kappa shape index (κ3) is 3.13. The molecule has 0 spiro atoms. The zero-order valence-corrected chi connectivity index (χ0v) is 16.3. The summed E-state index contributed by atoms with van der Waals surface area (Å²) in [7, 11) is 0. The molecule has 0 saturated heterocycles. The number of hydrogen-bond donors (Lipinski definition) is 0.